The molecule has 0 saturated carbocycles. The summed E-state index contributed by atoms with van der Waals surface area (Å²) < 4.78 is 71.8. The summed E-state index contributed by atoms with van der Waals surface area (Å²) in [4.78, 5) is 136. The number of anilines is 2. The van der Waals surface area contributed by atoms with Crippen molar-refractivity contribution in [2.75, 3.05) is 68.9 Å². The van der Waals surface area contributed by atoms with E-state index >= 15 is 0 Å². The van der Waals surface area contributed by atoms with Gasteiger partial charge in [-0.15, -0.1) is 0 Å². The van der Waals surface area contributed by atoms with Crippen LogP contribution in [0.3, 0.4) is 0 Å². The van der Waals surface area contributed by atoms with E-state index in [1.807, 2.05) is 54.8 Å². The van der Waals surface area contributed by atoms with Gasteiger partial charge in [0.15, 0.2) is 23.5 Å². The number of aliphatic hydroxyl groups is 8. The first-order valence-corrected chi connectivity index (χ1v) is 46.7. The predicted octanol–water partition coefficient (Wildman–Crippen LogP) is 1.68. The lowest BCUT2D eigenvalue weighted by molar-refractivity contribution is -0.190. The molecule has 0 radical (unpaired) electrons. The molecule has 6 aromatic carbocycles. The number of halogens is 2. The van der Waals surface area contributed by atoms with Crippen LogP contribution in [0.5, 0.6) is 23.0 Å². The second-order valence-corrected chi connectivity index (χ2v) is 36.1. The Bertz CT molecular complexity index is 5940. The highest BCUT2D eigenvalue weighted by atomic mass is 35.5. The largest absolute Gasteiger partial charge is 0.504 e. The number of aliphatic hydroxyl groups excluding tert-OH is 8. The van der Waals surface area contributed by atoms with Gasteiger partial charge < -0.3 is 126 Å². The Hall–Kier alpha value is -12.7. The molecule has 5 aliphatic heterocycles. The number of aromatic nitrogens is 7. The number of carbonyl (C=O) groups is 8. The number of hydrogen-bond donors (Lipinski definition) is 16. The molecule has 9 aromatic rings. The van der Waals surface area contributed by atoms with Crippen molar-refractivity contribution in [3.8, 4) is 51.3 Å². The van der Waals surface area contributed by atoms with Crippen molar-refractivity contribution >= 4 is 92.2 Å². The molecule has 47 heteroatoms. The van der Waals surface area contributed by atoms with E-state index in [4.69, 9.17) is 52.4 Å². The minimum absolute atomic E-state index is 0.0645. The molecule has 8 heterocycles. The third-order valence-corrected chi connectivity index (χ3v) is 25.3. The van der Waals surface area contributed by atoms with E-state index in [1.165, 1.54) is 42.2 Å². The van der Waals surface area contributed by atoms with Gasteiger partial charge in [-0.05, 0) is 141 Å². The normalized spacial score (nSPS) is 24.2. The summed E-state index contributed by atoms with van der Waals surface area (Å²) in [5.41, 5.74) is 9.81. The molecule has 5 aliphatic rings. The van der Waals surface area contributed by atoms with Crippen LogP contribution in [-0.2, 0) is 65.8 Å². The summed E-state index contributed by atoms with van der Waals surface area (Å²) in [7, 11) is -5.35. The third kappa shape index (κ3) is 24.9. The fourth-order valence-corrected chi connectivity index (χ4v) is 17.5. The number of benzene rings is 6. The number of nitrogens with zero attached hydrogens (tertiary/aromatic N) is 11. The van der Waals surface area contributed by atoms with Crippen molar-refractivity contribution in [1.82, 2.24) is 70.7 Å². The molecule has 0 aliphatic carbocycles. The highest BCUT2D eigenvalue weighted by molar-refractivity contribution is 7.81. The number of unbranched alkanes of at least 4 members (excludes halogenated alkanes) is 2. The van der Waals surface area contributed by atoms with Crippen molar-refractivity contribution in [3.05, 3.63) is 196 Å². The van der Waals surface area contributed by atoms with E-state index in [-0.39, 0.29) is 29.9 Å². The van der Waals surface area contributed by atoms with Gasteiger partial charge in [0.05, 0.1) is 60.8 Å². The fourth-order valence-electron chi connectivity index (χ4n) is 16.6. The zero-order valence-corrected chi connectivity index (χ0v) is 77.7. The van der Waals surface area contributed by atoms with E-state index in [2.05, 4.69) is 81.5 Å². The zero-order chi connectivity index (χ0) is 99.3. The quantitative estimate of drug-likeness (QED) is 0.0234. The van der Waals surface area contributed by atoms with Gasteiger partial charge in [0.2, 0.25) is 47.1 Å². The molecular formula is C91H109Cl2N17O27S. The second-order valence-electron chi connectivity index (χ2n) is 34.2. The molecule has 5 saturated heterocycles. The summed E-state index contributed by atoms with van der Waals surface area (Å²) in [5.74, 6) is -13.3. The molecular weight excluding hydrogens is 1870 g/mol. The number of rotatable bonds is 29. The monoisotopic (exact) mass is 1970 g/mol. The SMILES string of the molecule is CCC(C)n1ncn(-c2ccc(N3CCN(c4ccc(OC[C@H]5CO[C@](Cn6cncn6)(c6ccc(Cl)cc6Cl)O5)cc4)CC3)cc2)c1=O.CCCCCOc1ccc(-c2cc(-c3ccc(C(=O)N[C@H]4C[C@@H](O)[C@@H](O)NC(=O)[C@@H]5[C@@H](O)[C@@H](C)CN5C(=O)[C@H]([C@H](O)CC(N)=O)NC(=O)[C@H]([C@H](O)[C@@H](O)c5ccc(O)c(OS(=O)(=O)O)c5)NC(=O)[C@@H]5C[C@@H](O)CN5C(=O)[C@H]([C@@H](C)O)NC4=O)cc3)no2)cc1. The van der Waals surface area contributed by atoms with Crippen LogP contribution in [0.2, 0.25) is 10.0 Å². The first kappa shape index (κ1) is 103. The third-order valence-electron chi connectivity index (χ3n) is 24.3. The predicted molar refractivity (Wildman–Crippen MR) is 492 cm³/mol. The summed E-state index contributed by atoms with van der Waals surface area (Å²) >= 11 is 12.7. The molecule has 17 N–H and O–H groups in total. The van der Waals surface area contributed by atoms with Gasteiger partial charge in [-0.1, -0.05) is 86.2 Å². The standard InChI is InChI=1S/C56H71N9O23S.C35H38Cl2N8O4/c1-4-5-6-17-86-32-14-11-28(12-15-32)39-21-33(63-87-39)27-7-9-29(10-8-27)49(75)58-34-20-38(70)52(78)62-54(80)45-46(72)25(2)23-65(45)56(82)43(37(69)22-41(57)71)60-53(79)44(48(74)47(73)30-13-16-36(68)40(18-30)88-89(83,84)85)61-51(77)35-19-31(67)24-64(35)55(81)42(26(3)66)59-50(34)76;1-3-25(2)45-34(46)44(24-40-45)29-7-5-27(6-8-29)41-14-16-42(17-15-41)28-9-11-30(12-10-28)47-19-31-20-48-35(49-31,21-43-23-38-22-39-43)32-13-4-26(36)18-33(32)37/h7-16,18,21,25-26,31,34-35,37-38,42-48,52,66-70,72-74,78H,4-6,17,19-20,22-24H2,1-3H3,(H2,57,71)(H,58,75)(H,59,76)(H,60,79)(H,61,77)(H,62,80)(H,83,84,85);4-13,18,22-25,31H,3,14-17,19-21H2,1-2H3/t25-,26+,31+,34-,35-,37+,38+,42-,43-,44-,45-,46-,47-,48-,52+;25?,31-,35-/m00/s1. The highest BCUT2D eigenvalue weighted by Gasteiger charge is 2.52. The lowest BCUT2D eigenvalue weighted by Gasteiger charge is -2.37. The Morgan fingerprint density at radius 2 is 1.33 bits per heavy atom. The maximum absolute atomic E-state index is 14.7. The van der Waals surface area contributed by atoms with E-state index < -0.39 is 204 Å². The van der Waals surface area contributed by atoms with Gasteiger partial charge >= 0.3 is 16.1 Å². The van der Waals surface area contributed by atoms with Crippen LogP contribution < -0.4 is 61.5 Å². The van der Waals surface area contributed by atoms with Gasteiger partial charge in [0.1, 0.15) is 110 Å². The molecule has 0 spiro atoms. The van der Waals surface area contributed by atoms with Crippen molar-refractivity contribution in [1.29, 1.82) is 0 Å². The minimum Gasteiger partial charge on any atom is -0.504 e. The van der Waals surface area contributed by atoms with Gasteiger partial charge in [0.25, 0.3) is 5.91 Å². The number of piperazine rings is 1. The highest BCUT2D eigenvalue weighted by Crippen LogP contribution is 2.42. The van der Waals surface area contributed by atoms with E-state index in [0.717, 1.165) is 87.7 Å². The Morgan fingerprint density at radius 1 is 0.696 bits per heavy atom. The number of phenolic OH excluding ortho intramolecular Hbond substituents is 1. The van der Waals surface area contributed by atoms with Crippen molar-refractivity contribution in [2.24, 2.45) is 11.7 Å². The number of phenols is 1. The topological polar surface area (TPSA) is 615 Å². The molecule has 5 fully saturated rings. The molecule has 8 amide bonds. The molecule has 740 valence electrons. The van der Waals surface area contributed by atoms with Crippen LogP contribution in [0.15, 0.2) is 168 Å². The van der Waals surface area contributed by atoms with Crippen LogP contribution >= 0.6 is 23.2 Å². The van der Waals surface area contributed by atoms with E-state index in [9.17, 15) is 102 Å². The van der Waals surface area contributed by atoms with Crippen LogP contribution in [0.4, 0.5) is 11.4 Å². The Morgan fingerprint density at radius 3 is 1.97 bits per heavy atom. The first-order chi connectivity index (χ1) is 65.8. The average molecular weight is 1980 g/mol. The Balaban J connectivity index is 0.000000274. The number of nitrogens with two attached hydrogens (primary N) is 1. The Kier molecular flexibility index (Phi) is 33.7. The summed E-state index contributed by atoms with van der Waals surface area (Å²) in [5, 5.41) is 126. The van der Waals surface area contributed by atoms with Gasteiger partial charge in [0, 0.05) is 103 Å². The zero-order valence-electron chi connectivity index (χ0n) is 75.4. The fraction of sp³-hybridized carbons (Fsp3) is 0.440. The summed E-state index contributed by atoms with van der Waals surface area (Å²) in [6, 6.07) is 25.1. The molecule has 138 heavy (non-hydrogen) atoms. The number of fused-ring (bicyclic) bond motifs is 2. The van der Waals surface area contributed by atoms with Crippen molar-refractivity contribution in [3.63, 3.8) is 0 Å². The van der Waals surface area contributed by atoms with E-state index in [1.54, 1.807) is 64.4 Å². The van der Waals surface area contributed by atoms with Gasteiger partial charge in [-0.25, -0.2) is 23.7 Å². The molecule has 44 nitrogen and oxygen atoms in total. The number of carbonyl (C=O) groups excluding carboxylic acids is 8. The molecule has 1 unspecified atom stereocenters. The molecule has 0 bridgehead atoms. The molecule has 3 aromatic heterocycles. The van der Waals surface area contributed by atoms with Crippen LogP contribution in [0.25, 0.3) is 28.3 Å². The smallest absolute Gasteiger partial charge is 0.446 e. The minimum atomic E-state index is -5.35. The number of aromatic hydroxyl groups is 1. The van der Waals surface area contributed by atoms with Crippen LogP contribution in [0.1, 0.15) is 113 Å². The number of hydrogen-bond acceptors (Lipinski definition) is 32. The van der Waals surface area contributed by atoms with Gasteiger partial charge in [-0.2, -0.15) is 18.6 Å². The Labute approximate surface area is 800 Å². The van der Waals surface area contributed by atoms with Crippen LogP contribution in [-0.4, -0.2) is 295 Å². The molecule has 14 rings (SSSR count). The van der Waals surface area contributed by atoms with Crippen molar-refractivity contribution in [2.45, 2.75) is 189 Å². The number of nitrogens with one attached hydrogen (secondary N) is 5. The lowest BCUT2D eigenvalue weighted by Crippen LogP contribution is -2.64. The number of primary amides is 1. The van der Waals surface area contributed by atoms with Crippen molar-refractivity contribution < 1.29 is 125 Å². The van der Waals surface area contributed by atoms with E-state index in [0.29, 0.717) is 85.7 Å². The molecule has 18 atom stereocenters. The average Bonchev–Trinajstić information content (AvgIpc) is 1.60. The first-order valence-electron chi connectivity index (χ1n) is 44.5. The maximum atomic E-state index is 14.7. The van der Waals surface area contributed by atoms with Crippen LogP contribution in [0, 0.1) is 5.92 Å². The second kappa shape index (κ2) is 45.2. The lowest BCUT2D eigenvalue weighted by atomic mass is 9.96. The number of amides is 8. The summed E-state index contributed by atoms with van der Waals surface area (Å²) in [6.07, 6.45) is -12.1. The maximum Gasteiger partial charge on any atom is 0.446 e. The summed E-state index contributed by atoms with van der Waals surface area (Å²) in [6.45, 7) is 12.2. The number of ether oxygens (including phenoxy) is 4. The van der Waals surface area contributed by atoms with Gasteiger partial charge in [-0.3, -0.25) is 42.9 Å².